The van der Waals surface area contributed by atoms with Crippen molar-refractivity contribution in [2.75, 3.05) is 37.6 Å². The Morgan fingerprint density at radius 3 is 2.68 bits per heavy atom. The van der Waals surface area contributed by atoms with Crippen molar-refractivity contribution in [1.29, 1.82) is 0 Å². The predicted octanol–water partition coefficient (Wildman–Crippen LogP) is 3.58. The number of rotatable bonds is 4. The van der Waals surface area contributed by atoms with Gasteiger partial charge in [-0.15, -0.1) is 0 Å². The fraction of sp³-hybridized carbons (Fsp3) is 0.600. The number of nitro groups is 1. The highest BCUT2D eigenvalue weighted by Crippen LogP contribution is 2.33. The molecule has 0 N–H and O–H groups in total. The molecular weight excluding hydrogens is 376 g/mol. The van der Waals surface area contributed by atoms with E-state index in [-0.39, 0.29) is 21.8 Å². The van der Waals surface area contributed by atoms with Crippen molar-refractivity contribution in [1.82, 2.24) is 9.88 Å². The third-order valence-corrected chi connectivity index (χ3v) is 6.97. The summed E-state index contributed by atoms with van der Waals surface area (Å²) in [4.78, 5) is 32.4. The number of aromatic nitrogens is 1. The van der Waals surface area contributed by atoms with Crippen molar-refractivity contribution in [2.45, 2.75) is 39.0 Å². The molecular formula is C20H26N4O3S. The second kappa shape index (κ2) is 8.13. The summed E-state index contributed by atoms with van der Waals surface area (Å²) in [7, 11) is 0. The first-order valence-electron chi connectivity index (χ1n) is 10.5. The number of aryl methyl sites for hydroxylation is 1. The molecule has 2 fully saturated rings. The molecule has 1 saturated heterocycles. The maximum atomic E-state index is 12.6. The van der Waals surface area contributed by atoms with Crippen LogP contribution in [0.3, 0.4) is 0 Å². The van der Waals surface area contributed by atoms with E-state index in [1.54, 1.807) is 13.0 Å². The molecule has 0 amide bonds. The third-order valence-electron chi connectivity index (χ3n) is 5.82. The molecule has 0 spiro atoms. The smallest absolute Gasteiger partial charge is 0.287 e. The maximum Gasteiger partial charge on any atom is 0.287 e. The van der Waals surface area contributed by atoms with Gasteiger partial charge >= 0.3 is 0 Å². The number of anilines is 1. The standard InChI is InChI=1S/C20H26N4O3S/c1-14-11-16-18(17(12-14)24(26)27)28-20(21-19(16)25)23-9-7-22(8-10-23)13-15-5-3-2-4-6-15/h11-12,15H,2-10,13H2,1H3/i12D. The van der Waals surface area contributed by atoms with Gasteiger partial charge in [0.1, 0.15) is 4.70 Å². The molecule has 2 aliphatic rings. The molecule has 1 aromatic carbocycles. The molecule has 4 rings (SSSR count). The Labute approximate surface area is 169 Å². The molecule has 0 unspecified atom stereocenters. The van der Waals surface area contributed by atoms with Crippen LogP contribution in [0.5, 0.6) is 0 Å². The first-order valence-corrected chi connectivity index (χ1v) is 10.8. The zero-order valence-electron chi connectivity index (χ0n) is 17.1. The van der Waals surface area contributed by atoms with E-state index in [9.17, 15) is 14.9 Å². The molecule has 0 radical (unpaired) electrons. The fourth-order valence-electron chi connectivity index (χ4n) is 4.33. The molecule has 28 heavy (non-hydrogen) atoms. The molecule has 0 atom stereocenters. The largest absolute Gasteiger partial charge is 0.345 e. The summed E-state index contributed by atoms with van der Waals surface area (Å²) in [5.74, 6) is 0.798. The Bertz CT molecular complexity index is 982. The van der Waals surface area contributed by atoms with Crippen LogP contribution in [0, 0.1) is 23.0 Å². The first-order chi connectivity index (χ1) is 13.9. The molecule has 2 aromatic rings. The Morgan fingerprint density at radius 1 is 1.29 bits per heavy atom. The van der Waals surface area contributed by atoms with Crippen molar-refractivity contribution < 1.29 is 6.29 Å². The lowest BCUT2D eigenvalue weighted by molar-refractivity contribution is -0.382. The van der Waals surface area contributed by atoms with Gasteiger partial charge in [-0.25, -0.2) is 0 Å². The monoisotopic (exact) mass is 403 g/mol. The van der Waals surface area contributed by atoms with Gasteiger partial charge in [-0.1, -0.05) is 30.6 Å². The average Bonchev–Trinajstić information content (AvgIpc) is 2.70. The summed E-state index contributed by atoms with van der Waals surface area (Å²) in [6, 6.07) is 1.41. The second-order valence-electron chi connectivity index (χ2n) is 7.89. The van der Waals surface area contributed by atoms with E-state index in [0.29, 0.717) is 10.7 Å². The van der Waals surface area contributed by atoms with Gasteiger partial charge in [-0.3, -0.25) is 19.8 Å². The Balaban J connectivity index is 1.56. The zero-order valence-corrected chi connectivity index (χ0v) is 17.0. The van der Waals surface area contributed by atoms with Crippen molar-refractivity contribution in [3.05, 3.63) is 38.1 Å². The summed E-state index contributed by atoms with van der Waals surface area (Å²) >= 11 is 1.16. The summed E-state index contributed by atoms with van der Waals surface area (Å²) < 4.78 is 8.32. The molecule has 0 bridgehead atoms. The third kappa shape index (κ3) is 4.03. The van der Waals surface area contributed by atoms with Gasteiger partial charge in [0.15, 0.2) is 5.13 Å². The maximum absolute atomic E-state index is 12.6. The lowest BCUT2D eigenvalue weighted by Gasteiger charge is -2.37. The van der Waals surface area contributed by atoms with Crippen LogP contribution in [-0.4, -0.2) is 47.5 Å². The minimum absolute atomic E-state index is 0.132. The Morgan fingerprint density at radius 2 is 2.00 bits per heavy atom. The summed E-state index contributed by atoms with van der Waals surface area (Å²) in [6.07, 6.45) is 6.70. The van der Waals surface area contributed by atoms with E-state index < -0.39 is 10.5 Å². The van der Waals surface area contributed by atoms with E-state index in [1.807, 2.05) is 0 Å². The Hall–Kier alpha value is -2.06. The molecule has 2 heterocycles. The molecule has 1 aromatic heterocycles. The second-order valence-corrected chi connectivity index (χ2v) is 8.87. The van der Waals surface area contributed by atoms with Gasteiger partial charge in [0.05, 0.1) is 11.7 Å². The first kappa shape index (κ1) is 18.0. The fourth-order valence-corrected chi connectivity index (χ4v) is 5.43. The number of fused-ring (bicyclic) bond motifs is 1. The number of nitrogens with zero attached hydrogens (tertiary/aromatic N) is 4. The molecule has 7 nitrogen and oxygen atoms in total. The van der Waals surface area contributed by atoms with Gasteiger partial charge < -0.3 is 4.90 Å². The molecule has 1 saturated carbocycles. The number of hydrogen-bond acceptors (Lipinski definition) is 7. The SMILES string of the molecule is [2H]c1c(C)cc2c(=O)nc(N3CCN(CC4CCCCC4)CC3)sc2c1[N+](=O)[O-]. The highest BCUT2D eigenvalue weighted by Gasteiger charge is 2.24. The van der Waals surface area contributed by atoms with Crippen molar-refractivity contribution in [3.8, 4) is 0 Å². The van der Waals surface area contributed by atoms with Gasteiger partial charge in [-0.2, -0.15) is 4.98 Å². The van der Waals surface area contributed by atoms with Crippen molar-refractivity contribution in [2.24, 2.45) is 5.92 Å². The number of benzene rings is 1. The highest BCUT2D eigenvalue weighted by atomic mass is 32.1. The van der Waals surface area contributed by atoms with Gasteiger partial charge in [0, 0.05) is 38.8 Å². The quantitative estimate of drug-likeness (QED) is 0.573. The van der Waals surface area contributed by atoms with Crippen LogP contribution >= 0.6 is 11.3 Å². The van der Waals surface area contributed by atoms with Crippen molar-refractivity contribution >= 4 is 32.2 Å². The van der Waals surface area contributed by atoms with Gasteiger partial charge in [0.2, 0.25) is 0 Å². The zero-order chi connectivity index (χ0) is 20.5. The average molecular weight is 404 g/mol. The van der Waals surface area contributed by atoms with E-state index in [2.05, 4.69) is 14.8 Å². The van der Waals surface area contributed by atoms with Crippen LogP contribution in [0.25, 0.3) is 10.1 Å². The highest BCUT2D eigenvalue weighted by molar-refractivity contribution is 7.22. The van der Waals surface area contributed by atoms with Crippen LogP contribution in [0.15, 0.2) is 16.9 Å². The molecule has 8 heteroatoms. The molecule has 150 valence electrons. The summed E-state index contributed by atoms with van der Waals surface area (Å²) in [5, 5.41) is 12.3. The van der Waals surface area contributed by atoms with E-state index in [4.69, 9.17) is 1.37 Å². The summed E-state index contributed by atoms with van der Waals surface area (Å²) in [5.41, 5.74) is -0.328. The Kier molecular flexibility index (Phi) is 5.22. The van der Waals surface area contributed by atoms with Gasteiger partial charge in [-0.05, 0) is 37.3 Å². The van der Waals surface area contributed by atoms with Gasteiger partial charge in [0.25, 0.3) is 11.2 Å². The lowest BCUT2D eigenvalue weighted by atomic mass is 9.89. The normalized spacial score (nSPS) is 19.8. The minimum Gasteiger partial charge on any atom is -0.345 e. The molecule has 1 aliphatic carbocycles. The number of piperazine rings is 1. The number of nitro benzene ring substituents is 1. The van der Waals surface area contributed by atoms with E-state index in [0.717, 1.165) is 50.0 Å². The van der Waals surface area contributed by atoms with Crippen LogP contribution in [0.1, 0.15) is 39.0 Å². The topological polar surface area (TPSA) is 79.6 Å². The predicted molar refractivity (Wildman–Crippen MR) is 113 cm³/mol. The van der Waals surface area contributed by atoms with Crippen molar-refractivity contribution in [3.63, 3.8) is 0 Å². The molecule has 1 aliphatic heterocycles. The minimum atomic E-state index is -0.556. The van der Waals surface area contributed by atoms with Crippen LogP contribution in [-0.2, 0) is 0 Å². The lowest BCUT2D eigenvalue weighted by Crippen LogP contribution is -2.48. The van der Waals surface area contributed by atoms with Crippen LogP contribution < -0.4 is 10.5 Å². The van der Waals surface area contributed by atoms with E-state index in [1.165, 1.54) is 32.1 Å². The van der Waals surface area contributed by atoms with Crippen LogP contribution in [0.4, 0.5) is 10.8 Å². The van der Waals surface area contributed by atoms with E-state index >= 15 is 0 Å². The number of hydrogen-bond donors (Lipinski definition) is 0. The summed E-state index contributed by atoms with van der Waals surface area (Å²) in [6.45, 7) is 6.09. The van der Waals surface area contributed by atoms with Crippen LogP contribution in [0.2, 0.25) is 0 Å².